The zero-order valence-electron chi connectivity index (χ0n) is 19.6. The Morgan fingerprint density at radius 1 is 1.09 bits per heavy atom. The van der Waals surface area contributed by atoms with E-state index in [9.17, 15) is 9.59 Å². The lowest BCUT2D eigenvalue weighted by atomic mass is 9.64. The number of hydrogen-bond acceptors (Lipinski definition) is 5. The van der Waals surface area contributed by atoms with Crippen LogP contribution < -0.4 is 10.1 Å². The molecule has 2 unspecified atom stereocenters. The maximum absolute atomic E-state index is 13.7. The molecule has 2 aliphatic rings. The molecule has 0 aliphatic heterocycles. The van der Waals surface area contributed by atoms with Crippen LogP contribution in [0.25, 0.3) is 0 Å². The summed E-state index contributed by atoms with van der Waals surface area (Å²) in [5.41, 5.74) is 1.47. The van der Waals surface area contributed by atoms with Crippen molar-refractivity contribution in [1.82, 2.24) is 0 Å². The van der Waals surface area contributed by atoms with Crippen molar-refractivity contribution in [2.45, 2.75) is 47.0 Å². The number of oxime groups is 1. The normalized spacial score (nSPS) is 26.3. The van der Waals surface area contributed by atoms with Gasteiger partial charge in [-0.1, -0.05) is 44.1 Å². The van der Waals surface area contributed by atoms with E-state index in [1.807, 2.05) is 31.2 Å². The van der Waals surface area contributed by atoms with Crippen molar-refractivity contribution in [3.8, 4) is 5.75 Å². The van der Waals surface area contributed by atoms with Gasteiger partial charge in [-0.15, -0.1) is 0 Å². The number of carbonyl (C=O) groups excluding carboxylic acids is 2. The number of halogens is 1. The van der Waals surface area contributed by atoms with Crippen molar-refractivity contribution in [2.24, 2.45) is 21.4 Å². The number of carbonyl (C=O) groups is 2. The Bertz CT molecular complexity index is 1160. The van der Waals surface area contributed by atoms with Crippen molar-refractivity contribution in [1.29, 1.82) is 0 Å². The third-order valence-electron chi connectivity index (χ3n) is 8.10. The molecule has 2 aromatic carbocycles. The van der Waals surface area contributed by atoms with Crippen molar-refractivity contribution >= 4 is 39.2 Å². The lowest BCUT2D eigenvalue weighted by Crippen LogP contribution is -2.43. The summed E-state index contributed by atoms with van der Waals surface area (Å²) in [5.74, 6) is 0.0442. The predicted octanol–water partition coefficient (Wildman–Crippen LogP) is 6.13. The lowest BCUT2D eigenvalue weighted by Gasteiger charge is -2.39. The number of amides is 1. The van der Waals surface area contributed by atoms with Gasteiger partial charge >= 0.3 is 5.97 Å². The third kappa shape index (κ3) is 3.57. The van der Waals surface area contributed by atoms with Crippen molar-refractivity contribution < 1.29 is 19.2 Å². The van der Waals surface area contributed by atoms with Crippen LogP contribution in [-0.2, 0) is 9.63 Å². The van der Waals surface area contributed by atoms with E-state index >= 15 is 0 Å². The standard InChI is InChI=1S/C26H29BrN2O4/c1-16-10-11-20(32-5)19(14-16)28-23(31)26-13-12-25(4,24(26,2)3)21(15-26)29-33-22(30)17-8-6-7-9-18(17)27/h6-11,14H,12-13,15H2,1-5H3,(H,28,31)/b29-21-. The summed E-state index contributed by atoms with van der Waals surface area (Å²) in [5, 5.41) is 7.44. The molecule has 4 rings (SSSR count). The Hall–Kier alpha value is -2.67. The Morgan fingerprint density at radius 2 is 1.82 bits per heavy atom. The highest BCUT2D eigenvalue weighted by Crippen LogP contribution is 2.71. The number of hydrogen-bond donors (Lipinski definition) is 1. The molecule has 2 atom stereocenters. The van der Waals surface area contributed by atoms with Gasteiger partial charge in [0, 0.05) is 16.3 Å². The van der Waals surface area contributed by atoms with Crippen LogP contribution in [0.2, 0.25) is 0 Å². The molecule has 0 spiro atoms. The average Bonchev–Trinajstić information content (AvgIpc) is 3.08. The quantitative estimate of drug-likeness (QED) is 0.385. The van der Waals surface area contributed by atoms with E-state index in [0.717, 1.165) is 24.1 Å². The highest BCUT2D eigenvalue weighted by atomic mass is 79.9. The first-order chi connectivity index (χ1) is 15.6. The molecule has 7 heteroatoms. The first kappa shape index (κ1) is 23.5. The van der Waals surface area contributed by atoms with Gasteiger partial charge in [-0.25, -0.2) is 4.79 Å². The fourth-order valence-electron chi connectivity index (χ4n) is 5.46. The van der Waals surface area contributed by atoms with Gasteiger partial charge in [0.15, 0.2) is 0 Å². The van der Waals surface area contributed by atoms with E-state index in [-0.39, 0.29) is 16.7 Å². The summed E-state index contributed by atoms with van der Waals surface area (Å²) in [7, 11) is 1.59. The summed E-state index contributed by atoms with van der Waals surface area (Å²) in [6.07, 6.45) is 1.98. The van der Waals surface area contributed by atoms with E-state index in [4.69, 9.17) is 9.57 Å². The molecule has 0 saturated heterocycles. The second-order valence-electron chi connectivity index (χ2n) is 9.77. The first-order valence-corrected chi connectivity index (χ1v) is 11.8. The summed E-state index contributed by atoms with van der Waals surface area (Å²) in [4.78, 5) is 31.7. The molecule has 2 saturated carbocycles. The molecule has 2 bridgehead atoms. The number of nitrogens with zero attached hydrogens (tertiary/aromatic N) is 1. The molecule has 1 N–H and O–H groups in total. The monoisotopic (exact) mass is 512 g/mol. The molecule has 174 valence electrons. The first-order valence-electron chi connectivity index (χ1n) is 11.0. The van der Waals surface area contributed by atoms with Crippen molar-refractivity contribution in [3.63, 3.8) is 0 Å². The van der Waals surface area contributed by atoms with Crippen LogP contribution in [0.3, 0.4) is 0 Å². The molecule has 2 aliphatic carbocycles. The maximum Gasteiger partial charge on any atom is 0.366 e. The van der Waals surface area contributed by atoms with E-state index in [1.165, 1.54) is 0 Å². The summed E-state index contributed by atoms with van der Waals surface area (Å²) < 4.78 is 6.10. The van der Waals surface area contributed by atoms with Gasteiger partial charge in [0.05, 0.1) is 29.5 Å². The van der Waals surface area contributed by atoms with Crippen LogP contribution in [0.1, 0.15) is 56.0 Å². The highest BCUT2D eigenvalue weighted by Gasteiger charge is 2.71. The van der Waals surface area contributed by atoms with Crippen molar-refractivity contribution in [3.05, 3.63) is 58.1 Å². The number of methoxy groups -OCH3 is 1. The molecule has 0 aromatic heterocycles. The minimum atomic E-state index is -0.658. The van der Waals surface area contributed by atoms with E-state index < -0.39 is 11.4 Å². The highest BCUT2D eigenvalue weighted by molar-refractivity contribution is 9.10. The topological polar surface area (TPSA) is 77.0 Å². The van der Waals surface area contributed by atoms with Gasteiger partial charge in [-0.05, 0) is 70.9 Å². The number of benzene rings is 2. The minimum Gasteiger partial charge on any atom is -0.495 e. The fourth-order valence-corrected chi connectivity index (χ4v) is 5.90. The zero-order chi connectivity index (χ0) is 24.0. The van der Waals surface area contributed by atoms with E-state index in [0.29, 0.717) is 27.9 Å². The summed E-state index contributed by atoms with van der Waals surface area (Å²) in [6.45, 7) is 8.33. The maximum atomic E-state index is 13.7. The van der Waals surface area contributed by atoms with Crippen LogP contribution >= 0.6 is 15.9 Å². The molecule has 1 amide bonds. The van der Waals surface area contributed by atoms with Gasteiger partial charge < -0.3 is 14.9 Å². The van der Waals surface area contributed by atoms with Gasteiger partial charge in [0.25, 0.3) is 0 Å². The lowest BCUT2D eigenvalue weighted by molar-refractivity contribution is -0.130. The van der Waals surface area contributed by atoms with Crippen LogP contribution in [0.4, 0.5) is 5.69 Å². The van der Waals surface area contributed by atoms with Crippen LogP contribution in [-0.4, -0.2) is 24.7 Å². The zero-order valence-corrected chi connectivity index (χ0v) is 21.2. The Balaban J connectivity index is 1.62. The molecule has 0 heterocycles. The number of fused-ring (bicyclic) bond motifs is 2. The van der Waals surface area contributed by atoms with Crippen molar-refractivity contribution in [2.75, 3.05) is 12.4 Å². The smallest absolute Gasteiger partial charge is 0.366 e. The number of ether oxygens (including phenoxy) is 1. The van der Waals surface area contributed by atoms with Crippen LogP contribution in [0.15, 0.2) is 52.1 Å². The largest absolute Gasteiger partial charge is 0.495 e. The number of nitrogens with one attached hydrogen (secondary N) is 1. The van der Waals surface area contributed by atoms with Crippen LogP contribution in [0, 0.1) is 23.2 Å². The minimum absolute atomic E-state index is 0.0533. The molecule has 33 heavy (non-hydrogen) atoms. The number of aryl methyl sites for hydroxylation is 1. The van der Waals surface area contributed by atoms with E-state index in [1.54, 1.807) is 25.3 Å². The summed E-state index contributed by atoms with van der Waals surface area (Å²) in [6, 6.07) is 12.8. The predicted molar refractivity (Wildman–Crippen MR) is 132 cm³/mol. The second-order valence-corrected chi connectivity index (χ2v) is 10.6. The summed E-state index contributed by atoms with van der Waals surface area (Å²) >= 11 is 3.38. The second kappa shape index (κ2) is 8.28. The third-order valence-corrected chi connectivity index (χ3v) is 8.80. The van der Waals surface area contributed by atoms with Crippen LogP contribution in [0.5, 0.6) is 5.75 Å². The van der Waals surface area contributed by atoms with Gasteiger partial charge in [0.1, 0.15) is 5.75 Å². The molecule has 6 nitrogen and oxygen atoms in total. The SMILES string of the molecule is COc1ccc(C)cc1NC(=O)C12CCC(C)(/C(=N\OC(=O)c3ccccc3Br)C1)C2(C)C. The average molecular weight is 513 g/mol. The fraction of sp³-hybridized carbons (Fsp3) is 0.423. The Morgan fingerprint density at radius 3 is 2.52 bits per heavy atom. The Labute approximate surface area is 202 Å². The molecule has 0 radical (unpaired) electrons. The Kier molecular flexibility index (Phi) is 5.89. The molecular weight excluding hydrogens is 484 g/mol. The number of anilines is 1. The van der Waals surface area contributed by atoms with E-state index in [2.05, 4.69) is 47.2 Å². The number of rotatable bonds is 5. The molecular formula is C26H29BrN2O4. The molecule has 2 aromatic rings. The van der Waals surface area contributed by atoms with Gasteiger partial charge in [-0.3, -0.25) is 4.79 Å². The molecule has 2 fully saturated rings. The van der Waals surface area contributed by atoms with Gasteiger partial charge in [-0.2, -0.15) is 0 Å². The van der Waals surface area contributed by atoms with Gasteiger partial charge in [0.2, 0.25) is 5.91 Å².